The number of carbonyl (C=O) groups excluding carboxylic acids is 1. The van der Waals surface area contributed by atoms with Gasteiger partial charge in [-0.05, 0) is 31.0 Å². The Hall–Kier alpha value is -1.44. The number of nitrogens with two attached hydrogens (primary N) is 2. The van der Waals surface area contributed by atoms with Crippen LogP contribution in [0.25, 0.3) is 0 Å². The molecule has 0 bridgehead atoms. The molecule has 0 aromatic heterocycles. The van der Waals surface area contributed by atoms with Gasteiger partial charge < -0.3 is 11.5 Å². The van der Waals surface area contributed by atoms with E-state index in [2.05, 4.69) is 4.72 Å². The van der Waals surface area contributed by atoms with Crippen LogP contribution >= 0.6 is 0 Å². The van der Waals surface area contributed by atoms with Gasteiger partial charge in [-0.25, -0.2) is 13.1 Å². The van der Waals surface area contributed by atoms with Crippen LogP contribution in [0.5, 0.6) is 0 Å². The summed E-state index contributed by atoms with van der Waals surface area (Å²) in [7, 11) is -3.71. The molecule has 1 atom stereocenters. The summed E-state index contributed by atoms with van der Waals surface area (Å²) in [5.41, 5.74) is 11.7. The molecular formula is C14H23N3O3S. The number of hydrogen-bond acceptors (Lipinski definition) is 4. The van der Waals surface area contributed by atoms with Gasteiger partial charge in [0.25, 0.3) is 0 Å². The van der Waals surface area contributed by atoms with Gasteiger partial charge in [0.2, 0.25) is 15.9 Å². The third kappa shape index (κ3) is 4.80. The van der Waals surface area contributed by atoms with E-state index in [4.69, 9.17) is 11.5 Å². The van der Waals surface area contributed by atoms with Crippen molar-refractivity contribution in [3.05, 3.63) is 29.3 Å². The van der Waals surface area contributed by atoms with Crippen LogP contribution < -0.4 is 16.2 Å². The lowest BCUT2D eigenvalue weighted by molar-refractivity contribution is 0.0999. The quantitative estimate of drug-likeness (QED) is 0.661. The van der Waals surface area contributed by atoms with Crippen molar-refractivity contribution in [2.45, 2.75) is 44.0 Å². The summed E-state index contributed by atoms with van der Waals surface area (Å²) in [6.45, 7) is 3.96. The van der Waals surface area contributed by atoms with Crippen molar-refractivity contribution in [3.8, 4) is 0 Å². The minimum atomic E-state index is -3.71. The Morgan fingerprint density at radius 1 is 1.38 bits per heavy atom. The van der Waals surface area contributed by atoms with Gasteiger partial charge in [-0.15, -0.1) is 0 Å². The fraction of sp³-hybridized carbons (Fsp3) is 0.500. The van der Waals surface area contributed by atoms with E-state index in [0.717, 1.165) is 12.8 Å². The number of hydrogen-bond donors (Lipinski definition) is 3. The lowest BCUT2D eigenvalue weighted by Gasteiger charge is -2.17. The normalized spacial score (nSPS) is 13.1. The smallest absolute Gasteiger partial charge is 0.249 e. The molecule has 0 heterocycles. The van der Waals surface area contributed by atoms with Crippen LogP contribution in [0, 0.1) is 6.92 Å². The van der Waals surface area contributed by atoms with Gasteiger partial charge >= 0.3 is 0 Å². The maximum absolute atomic E-state index is 12.3. The molecule has 1 aromatic carbocycles. The van der Waals surface area contributed by atoms with E-state index in [0.29, 0.717) is 12.0 Å². The first-order valence-corrected chi connectivity index (χ1v) is 8.43. The number of sulfonamides is 1. The molecule has 1 aromatic rings. The van der Waals surface area contributed by atoms with Gasteiger partial charge in [0.15, 0.2) is 0 Å². The number of aryl methyl sites for hydroxylation is 1. The Morgan fingerprint density at radius 2 is 2.05 bits per heavy atom. The van der Waals surface area contributed by atoms with Crippen LogP contribution in [0.1, 0.15) is 42.1 Å². The molecule has 5 N–H and O–H groups in total. The number of unbranched alkanes of at least 4 members (excludes halogenated alkanes) is 1. The molecule has 0 fully saturated rings. The van der Waals surface area contributed by atoms with Gasteiger partial charge in [0.1, 0.15) is 0 Å². The summed E-state index contributed by atoms with van der Waals surface area (Å²) in [5, 5.41) is 0. The summed E-state index contributed by atoms with van der Waals surface area (Å²) in [5.74, 6) is -0.647. The van der Waals surface area contributed by atoms with Gasteiger partial charge in [0.05, 0.1) is 4.90 Å². The highest BCUT2D eigenvalue weighted by Crippen LogP contribution is 2.16. The molecule has 0 aliphatic rings. The molecule has 0 saturated heterocycles. The SMILES string of the molecule is CCCCC(CN)NS(=O)(=O)c1ccc(C)c(C(N)=O)c1. The van der Waals surface area contributed by atoms with E-state index in [1.165, 1.54) is 12.1 Å². The lowest BCUT2D eigenvalue weighted by atomic mass is 10.1. The monoisotopic (exact) mass is 313 g/mol. The molecule has 6 nitrogen and oxygen atoms in total. The number of benzene rings is 1. The van der Waals surface area contributed by atoms with Crippen molar-refractivity contribution >= 4 is 15.9 Å². The van der Waals surface area contributed by atoms with E-state index in [-0.39, 0.29) is 23.0 Å². The standard InChI is InChI=1S/C14H23N3O3S/c1-3-4-5-11(9-15)17-21(19,20)12-7-6-10(2)13(8-12)14(16)18/h6-8,11,17H,3-5,9,15H2,1-2H3,(H2,16,18). The van der Waals surface area contributed by atoms with Crippen LogP contribution in [0.15, 0.2) is 23.1 Å². The molecular weight excluding hydrogens is 290 g/mol. The molecule has 118 valence electrons. The third-order valence-electron chi connectivity index (χ3n) is 3.30. The summed E-state index contributed by atoms with van der Waals surface area (Å²) < 4.78 is 27.2. The molecule has 21 heavy (non-hydrogen) atoms. The summed E-state index contributed by atoms with van der Waals surface area (Å²) in [6, 6.07) is 4.01. The van der Waals surface area contributed by atoms with Crippen LogP contribution in [0.2, 0.25) is 0 Å². The van der Waals surface area contributed by atoms with E-state index < -0.39 is 15.9 Å². The van der Waals surface area contributed by atoms with Gasteiger partial charge in [-0.3, -0.25) is 4.79 Å². The molecule has 0 aliphatic heterocycles. The lowest BCUT2D eigenvalue weighted by Crippen LogP contribution is -2.40. The van der Waals surface area contributed by atoms with E-state index >= 15 is 0 Å². The molecule has 1 unspecified atom stereocenters. The van der Waals surface area contributed by atoms with Crippen LogP contribution in [-0.2, 0) is 10.0 Å². The average Bonchev–Trinajstić information content (AvgIpc) is 2.43. The first-order valence-electron chi connectivity index (χ1n) is 6.94. The van der Waals surface area contributed by atoms with Crippen LogP contribution in [0.4, 0.5) is 0 Å². The second-order valence-electron chi connectivity index (χ2n) is 5.04. The molecule has 0 saturated carbocycles. The molecule has 1 amide bonds. The van der Waals surface area contributed by atoms with Crippen molar-refractivity contribution in [1.29, 1.82) is 0 Å². The Labute approximate surface area is 126 Å². The van der Waals surface area contributed by atoms with Crippen LogP contribution in [-0.4, -0.2) is 26.9 Å². The van der Waals surface area contributed by atoms with Crippen LogP contribution in [0.3, 0.4) is 0 Å². The number of nitrogens with one attached hydrogen (secondary N) is 1. The second kappa shape index (κ2) is 7.53. The van der Waals surface area contributed by atoms with E-state index in [1.807, 2.05) is 6.92 Å². The first kappa shape index (κ1) is 17.6. The fourth-order valence-corrected chi connectivity index (χ4v) is 3.31. The Balaban J connectivity index is 3.02. The molecule has 7 heteroatoms. The van der Waals surface area contributed by atoms with E-state index in [9.17, 15) is 13.2 Å². The summed E-state index contributed by atoms with van der Waals surface area (Å²) in [4.78, 5) is 11.3. The number of primary amides is 1. The predicted octanol–water partition coefficient (Wildman–Crippen LogP) is 0.890. The topological polar surface area (TPSA) is 115 Å². The van der Waals surface area contributed by atoms with Crippen molar-refractivity contribution in [2.75, 3.05) is 6.54 Å². The third-order valence-corrected chi connectivity index (χ3v) is 4.82. The van der Waals surface area contributed by atoms with E-state index in [1.54, 1.807) is 13.0 Å². The van der Waals surface area contributed by atoms with Gasteiger partial charge in [-0.1, -0.05) is 25.8 Å². The number of rotatable bonds is 8. The Kier molecular flexibility index (Phi) is 6.32. The minimum Gasteiger partial charge on any atom is -0.366 e. The maximum atomic E-state index is 12.3. The number of carbonyl (C=O) groups is 1. The zero-order valence-electron chi connectivity index (χ0n) is 12.4. The van der Waals surface area contributed by atoms with Gasteiger partial charge in [-0.2, -0.15) is 0 Å². The molecule has 1 rings (SSSR count). The van der Waals surface area contributed by atoms with Crippen molar-refractivity contribution < 1.29 is 13.2 Å². The average molecular weight is 313 g/mol. The van der Waals surface area contributed by atoms with Gasteiger partial charge in [0, 0.05) is 18.2 Å². The Morgan fingerprint density at radius 3 is 2.57 bits per heavy atom. The van der Waals surface area contributed by atoms with Crippen molar-refractivity contribution in [2.24, 2.45) is 11.5 Å². The highest BCUT2D eigenvalue weighted by molar-refractivity contribution is 7.89. The highest BCUT2D eigenvalue weighted by Gasteiger charge is 2.20. The highest BCUT2D eigenvalue weighted by atomic mass is 32.2. The minimum absolute atomic E-state index is 0.0249. The maximum Gasteiger partial charge on any atom is 0.249 e. The van der Waals surface area contributed by atoms with Crippen molar-refractivity contribution in [3.63, 3.8) is 0 Å². The largest absolute Gasteiger partial charge is 0.366 e. The second-order valence-corrected chi connectivity index (χ2v) is 6.75. The zero-order chi connectivity index (χ0) is 16.0. The summed E-state index contributed by atoms with van der Waals surface area (Å²) >= 11 is 0. The first-order chi connectivity index (χ1) is 9.81. The molecule has 0 radical (unpaired) electrons. The fourth-order valence-electron chi connectivity index (χ4n) is 2.00. The summed E-state index contributed by atoms with van der Waals surface area (Å²) in [6.07, 6.45) is 2.54. The predicted molar refractivity (Wildman–Crippen MR) is 82.4 cm³/mol. The molecule has 0 spiro atoms. The van der Waals surface area contributed by atoms with Crippen molar-refractivity contribution in [1.82, 2.24) is 4.72 Å². The number of amides is 1. The zero-order valence-corrected chi connectivity index (χ0v) is 13.2. The Bertz CT molecular complexity index is 599. The molecule has 0 aliphatic carbocycles.